The monoisotopic (exact) mass is 328 g/mol. The Balaban J connectivity index is 2.27. The van der Waals surface area contributed by atoms with Crippen LogP contribution in [-0.2, 0) is 10.0 Å². The van der Waals surface area contributed by atoms with Crippen molar-refractivity contribution in [3.8, 4) is 0 Å². The molecule has 2 rings (SSSR count). The highest BCUT2D eigenvalue weighted by atomic mass is 35.5. The zero-order valence-electron chi connectivity index (χ0n) is 11.2. The van der Waals surface area contributed by atoms with E-state index in [0.29, 0.717) is 0 Å². The maximum Gasteiger partial charge on any atom is 0.261 e. The molecule has 0 unspecified atom stereocenters. The molecule has 0 saturated heterocycles. The maximum atomic E-state index is 13.6. The molecule has 112 valence electrons. The van der Waals surface area contributed by atoms with Gasteiger partial charge in [0.1, 0.15) is 5.82 Å². The van der Waals surface area contributed by atoms with Gasteiger partial charge < -0.3 is 5.32 Å². The van der Waals surface area contributed by atoms with Gasteiger partial charge in [0.25, 0.3) is 10.0 Å². The minimum atomic E-state index is -3.86. The second-order valence-electron chi connectivity index (χ2n) is 4.28. The summed E-state index contributed by atoms with van der Waals surface area (Å²) < 4.78 is 40.2. The van der Waals surface area contributed by atoms with Gasteiger partial charge in [0.15, 0.2) is 0 Å². The molecular weight excluding hydrogens is 315 g/mol. The number of hydrogen-bond donors (Lipinski definition) is 2. The molecule has 4 nitrogen and oxygen atoms in total. The predicted molar refractivity (Wildman–Crippen MR) is 82.8 cm³/mol. The fraction of sp³-hybridized carbons (Fsp3) is 0.143. The van der Waals surface area contributed by atoms with Crippen molar-refractivity contribution >= 4 is 33.0 Å². The molecule has 0 spiro atoms. The minimum absolute atomic E-state index is 0.0449. The van der Waals surface area contributed by atoms with E-state index >= 15 is 0 Å². The van der Waals surface area contributed by atoms with Gasteiger partial charge in [-0.1, -0.05) is 11.6 Å². The minimum Gasteiger partial charge on any atom is -0.385 e. The molecule has 2 aromatic carbocycles. The molecule has 7 heteroatoms. The Kier molecular flexibility index (Phi) is 4.69. The van der Waals surface area contributed by atoms with Gasteiger partial charge in [-0.2, -0.15) is 0 Å². The number of halogens is 2. The summed E-state index contributed by atoms with van der Waals surface area (Å²) in [6.07, 6.45) is 0. The second kappa shape index (κ2) is 6.32. The van der Waals surface area contributed by atoms with Crippen LogP contribution in [0.3, 0.4) is 0 Å². The van der Waals surface area contributed by atoms with Crippen molar-refractivity contribution in [3.63, 3.8) is 0 Å². The fourth-order valence-corrected chi connectivity index (χ4v) is 2.97. The molecule has 0 fully saturated rings. The highest BCUT2D eigenvalue weighted by Crippen LogP contribution is 2.23. The summed E-state index contributed by atoms with van der Waals surface area (Å²) in [5, 5.41) is 3.31. The van der Waals surface area contributed by atoms with Crippen molar-refractivity contribution in [3.05, 3.63) is 53.3 Å². The Hall–Kier alpha value is -1.79. The molecule has 0 aliphatic carbocycles. The SMILES string of the molecule is CCNc1ccc(S(=O)(=O)Nc2cc(Cl)ccc2F)cc1. The van der Waals surface area contributed by atoms with Crippen molar-refractivity contribution < 1.29 is 12.8 Å². The zero-order valence-corrected chi connectivity index (χ0v) is 12.8. The Bertz CT molecular complexity index is 733. The van der Waals surface area contributed by atoms with Crippen LogP contribution in [-0.4, -0.2) is 15.0 Å². The lowest BCUT2D eigenvalue weighted by molar-refractivity contribution is 0.598. The molecule has 0 aliphatic heterocycles. The van der Waals surface area contributed by atoms with Crippen LogP contribution in [0.25, 0.3) is 0 Å². The van der Waals surface area contributed by atoms with Gasteiger partial charge in [-0.25, -0.2) is 12.8 Å². The van der Waals surface area contributed by atoms with E-state index in [9.17, 15) is 12.8 Å². The summed E-state index contributed by atoms with van der Waals surface area (Å²) in [5.74, 6) is -0.688. The second-order valence-corrected chi connectivity index (χ2v) is 6.40. The molecule has 2 N–H and O–H groups in total. The predicted octanol–water partition coefficient (Wildman–Crippen LogP) is 3.71. The molecule has 0 radical (unpaired) electrons. The average molecular weight is 329 g/mol. The summed E-state index contributed by atoms with van der Waals surface area (Å²) in [7, 11) is -3.86. The third-order valence-electron chi connectivity index (χ3n) is 2.72. The number of hydrogen-bond acceptors (Lipinski definition) is 3. The Morgan fingerprint density at radius 1 is 1.14 bits per heavy atom. The molecule has 0 saturated carbocycles. The van der Waals surface area contributed by atoms with E-state index in [1.165, 1.54) is 24.3 Å². The first kappa shape index (κ1) is 15.6. The topological polar surface area (TPSA) is 58.2 Å². The van der Waals surface area contributed by atoms with Gasteiger partial charge in [-0.05, 0) is 49.4 Å². The lowest BCUT2D eigenvalue weighted by Crippen LogP contribution is -2.14. The van der Waals surface area contributed by atoms with E-state index in [-0.39, 0.29) is 15.6 Å². The number of rotatable bonds is 5. The first-order valence-electron chi connectivity index (χ1n) is 6.24. The smallest absolute Gasteiger partial charge is 0.261 e. The summed E-state index contributed by atoms with van der Waals surface area (Å²) in [5.41, 5.74) is 0.628. The zero-order chi connectivity index (χ0) is 15.5. The number of anilines is 2. The van der Waals surface area contributed by atoms with Crippen molar-refractivity contribution in [2.45, 2.75) is 11.8 Å². The van der Waals surface area contributed by atoms with Gasteiger partial charge in [0.05, 0.1) is 10.6 Å². The third kappa shape index (κ3) is 3.86. The largest absolute Gasteiger partial charge is 0.385 e. The Labute approximate surface area is 128 Å². The van der Waals surface area contributed by atoms with Crippen molar-refractivity contribution in [2.75, 3.05) is 16.6 Å². The quantitative estimate of drug-likeness (QED) is 0.879. The van der Waals surface area contributed by atoms with E-state index in [4.69, 9.17) is 11.6 Å². The van der Waals surface area contributed by atoms with Crippen LogP contribution in [0.1, 0.15) is 6.92 Å². The van der Waals surface area contributed by atoms with Crippen LogP contribution in [0.5, 0.6) is 0 Å². The molecule has 0 heterocycles. The Morgan fingerprint density at radius 3 is 2.43 bits per heavy atom. The number of benzene rings is 2. The van der Waals surface area contributed by atoms with Crippen molar-refractivity contribution in [1.29, 1.82) is 0 Å². The molecule has 0 aliphatic rings. The van der Waals surface area contributed by atoms with Gasteiger partial charge >= 0.3 is 0 Å². The van der Waals surface area contributed by atoms with Gasteiger partial charge in [-0.3, -0.25) is 4.72 Å². The summed E-state index contributed by atoms with van der Waals surface area (Å²) in [4.78, 5) is 0.0449. The third-order valence-corrected chi connectivity index (χ3v) is 4.33. The Morgan fingerprint density at radius 2 is 1.81 bits per heavy atom. The van der Waals surface area contributed by atoms with Gasteiger partial charge in [0.2, 0.25) is 0 Å². The molecule has 0 amide bonds. The van der Waals surface area contributed by atoms with E-state index in [1.54, 1.807) is 12.1 Å². The summed E-state index contributed by atoms with van der Waals surface area (Å²) in [6, 6.07) is 9.86. The van der Waals surface area contributed by atoms with E-state index < -0.39 is 15.8 Å². The molecule has 2 aromatic rings. The van der Waals surface area contributed by atoms with Crippen LogP contribution >= 0.6 is 11.6 Å². The van der Waals surface area contributed by atoms with Crippen LogP contribution in [0.15, 0.2) is 47.4 Å². The van der Waals surface area contributed by atoms with Crippen LogP contribution in [0, 0.1) is 5.82 Å². The average Bonchev–Trinajstić information content (AvgIpc) is 2.44. The van der Waals surface area contributed by atoms with Gasteiger partial charge in [-0.15, -0.1) is 0 Å². The van der Waals surface area contributed by atoms with E-state index in [1.807, 2.05) is 6.92 Å². The first-order valence-corrected chi connectivity index (χ1v) is 8.10. The van der Waals surface area contributed by atoms with E-state index in [0.717, 1.165) is 18.3 Å². The van der Waals surface area contributed by atoms with Crippen molar-refractivity contribution in [2.24, 2.45) is 0 Å². The fourth-order valence-electron chi connectivity index (χ4n) is 1.74. The molecule has 21 heavy (non-hydrogen) atoms. The highest BCUT2D eigenvalue weighted by Gasteiger charge is 2.16. The first-order chi connectivity index (χ1) is 9.92. The number of nitrogens with one attached hydrogen (secondary N) is 2. The van der Waals surface area contributed by atoms with Gasteiger partial charge in [0, 0.05) is 17.3 Å². The lowest BCUT2D eigenvalue weighted by atomic mass is 10.3. The molecular formula is C14H14ClFN2O2S. The summed E-state index contributed by atoms with van der Waals surface area (Å²) >= 11 is 5.74. The normalized spacial score (nSPS) is 11.2. The lowest BCUT2D eigenvalue weighted by Gasteiger charge is -2.10. The highest BCUT2D eigenvalue weighted by molar-refractivity contribution is 7.92. The van der Waals surface area contributed by atoms with Crippen LogP contribution < -0.4 is 10.0 Å². The molecule has 0 aromatic heterocycles. The summed E-state index contributed by atoms with van der Waals surface area (Å²) in [6.45, 7) is 2.67. The maximum absolute atomic E-state index is 13.6. The molecule has 0 atom stereocenters. The van der Waals surface area contributed by atoms with Crippen LogP contribution in [0.2, 0.25) is 5.02 Å². The van der Waals surface area contributed by atoms with Crippen LogP contribution in [0.4, 0.5) is 15.8 Å². The number of sulfonamides is 1. The van der Waals surface area contributed by atoms with E-state index in [2.05, 4.69) is 10.0 Å². The standard InChI is InChI=1S/C14H14ClFN2O2S/c1-2-17-11-4-6-12(7-5-11)21(19,20)18-14-9-10(15)3-8-13(14)16/h3-9,17-18H,2H2,1H3. The molecule has 0 bridgehead atoms. The van der Waals surface area contributed by atoms with Crippen molar-refractivity contribution in [1.82, 2.24) is 0 Å².